The van der Waals surface area contributed by atoms with Crippen molar-refractivity contribution >= 4 is 23.3 Å². The highest BCUT2D eigenvalue weighted by atomic mass is 35.5. The van der Waals surface area contributed by atoms with Gasteiger partial charge in [-0.1, -0.05) is 41.9 Å². The molecular formula is C22H23ClF2N6O2. The van der Waals surface area contributed by atoms with Crippen molar-refractivity contribution < 1.29 is 13.6 Å². The largest absolute Gasteiger partial charge is 0.352 e. The van der Waals surface area contributed by atoms with Crippen LogP contribution < -0.4 is 21.9 Å². The molecule has 174 valence electrons. The third kappa shape index (κ3) is 6.33. The maximum Gasteiger partial charge on any atom is 0.294 e. The number of nitrogens with zero attached hydrogens (tertiary/aromatic N) is 3. The molecule has 3 rings (SSSR count). The van der Waals surface area contributed by atoms with Crippen LogP contribution in [0.3, 0.4) is 0 Å². The number of halogens is 3. The third-order valence-corrected chi connectivity index (χ3v) is 5.17. The van der Waals surface area contributed by atoms with Crippen LogP contribution in [-0.2, 0) is 24.3 Å². The topological polar surface area (TPSA) is 115 Å². The van der Waals surface area contributed by atoms with Gasteiger partial charge in [-0.3, -0.25) is 19.1 Å². The summed E-state index contributed by atoms with van der Waals surface area (Å²) in [4.78, 5) is 33.1. The van der Waals surface area contributed by atoms with E-state index in [0.29, 0.717) is 13.0 Å². The maximum atomic E-state index is 13.6. The van der Waals surface area contributed by atoms with Gasteiger partial charge < -0.3 is 16.4 Å². The molecule has 0 radical (unpaired) electrons. The van der Waals surface area contributed by atoms with E-state index in [0.717, 1.165) is 21.9 Å². The second kappa shape index (κ2) is 11.5. The Balaban J connectivity index is 1.74. The van der Waals surface area contributed by atoms with Crippen LogP contribution in [0.25, 0.3) is 0 Å². The minimum Gasteiger partial charge on any atom is -0.352 e. The summed E-state index contributed by atoms with van der Waals surface area (Å²) in [5.74, 6) is -0.842. The van der Waals surface area contributed by atoms with Crippen LogP contribution in [0.5, 0.6) is 0 Å². The second-order valence-corrected chi connectivity index (χ2v) is 7.50. The number of anilines is 1. The van der Waals surface area contributed by atoms with Crippen molar-refractivity contribution in [3.63, 3.8) is 0 Å². The van der Waals surface area contributed by atoms with Crippen LogP contribution in [0.15, 0.2) is 59.7 Å². The van der Waals surface area contributed by atoms with Gasteiger partial charge in [0.2, 0.25) is 5.91 Å². The molecule has 0 aliphatic heterocycles. The van der Waals surface area contributed by atoms with Crippen molar-refractivity contribution in [1.29, 1.82) is 0 Å². The number of carbonyl (C=O) groups excluding carboxylic acids is 1. The van der Waals surface area contributed by atoms with Crippen molar-refractivity contribution in [2.45, 2.75) is 32.0 Å². The molecule has 11 heteroatoms. The van der Waals surface area contributed by atoms with Crippen LogP contribution in [-0.4, -0.2) is 33.4 Å². The number of hydrogen-bond acceptors (Lipinski definition) is 6. The number of alkyl halides is 2. The van der Waals surface area contributed by atoms with Crippen LogP contribution in [0.4, 0.5) is 14.6 Å². The lowest BCUT2D eigenvalue weighted by atomic mass is 10.0. The predicted octanol–water partition coefficient (Wildman–Crippen LogP) is 2.53. The quantitative estimate of drug-likeness (QED) is 0.414. The van der Waals surface area contributed by atoms with Gasteiger partial charge in [0.05, 0.1) is 11.9 Å². The molecule has 1 amide bonds. The summed E-state index contributed by atoms with van der Waals surface area (Å²) in [7, 11) is 0. The fourth-order valence-corrected chi connectivity index (χ4v) is 3.40. The molecule has 2 heterocycles. The van der Waals surface area contributed by atoms with E-state index in [1.807, 2.05) is 24.3 Å². The summed E-state index contributed by atoms with van der Waals surface area (Å²) in [5, 5.41) is 5.06. The Hall–Kier alpha value is -3.37. The van der Waals surface area contributed by atoms with Gasteiger partial charge in [-0.15, -0.1) is 0 Å². The van der Waals surface area contributed by atoms with Crippen molar-refractivity contribution in [2.24, 2.45) is 5.73 Å². The summed E-state index contributed by atoms with van der Waals surface area (Å²) in [5.41, 5.74) is 6.78. The summed E-state index contributed by atoms with van der Waals surface area (Å²) in [6.07, 6.45) is 0.298. The van der Waals surface area contributed by atoms with E-state index >= 15 is 0 Å². The van der Waals surface area contributed by atoms with Crippen molar-refractivity contribution in [3.05, 3.63) is 87.2 Å². The molecule has 1 aromatic carbocycles. The highest BCUT2D eigenvalue weighted by Gasteiger charge is 2.25. The summed E-state index contributed by atoms with van der Waals surface area (Å²) < 4.78 is 28.2. The average molecular weight is 477 g/mol. The number of benzene rings is 1. The zero-order valence-electron chi connectivity index (χ0n) is 17.5. The van der Waals surface area contributed by atoms with E-state index in [1.165, 1.54) is 12.3 Å². The lowest BCUT2D eigenvalue weighted by molar-refractivity contribution is -0.121. The molecule has 8 nitrogen and oxygen atoms in total. The number of amides is 1. The van der Waals surface area contributed by atoms with E-state index in [2.05, 4.69) is 20.6 Å². The Labute approximate surface area is 193 Å². The fourth-order valence-electron chi connectivity index (χ4n) is 3.21. The zero-order valence-corrected chi connectivity index (χ0v) is 18.3. The molecule has 2 aromatic heterocycles. The summed E-state index contributed by atoms with van der Waals surface area (Å²) in [6.45, 7) is 0.308. The van der Waals surface area contributed by atoms with Crippen LogP contribution in [0.2, 0.25) is 5.15 Å². The molecule has 0 bridgehead atoms. The number of pyridine rings is 1. The minimum atomic E-state index is -2.86. The first-order valence-electron chi connectivity index (χ1n) is 10.1. The molecule has 0 spiro atoms. The number of hydrogen-bond donors (Lipinski definition) is 3. The number of aromatic nitrogens is 3. The van der Waals surface area contributed by atoms with Crippen LogP contribution in [0.1, 0.15) is 22.9 Å². The molecular weight excluding hydrogens is 454 g/mol. The zero-order chi connectivity index (χ0) is 23.8. The van der Waals surface area contributed by atoms with Crippen LogP contribution in [0, 0.1) is 0 Å². The maximum absolute atomic E-state index is 13.6. The van der Waals surface area contributed by atoms with E-state index in [-0.39, 0.29) is 23.2 Å². The van der Waals surface area contributed by atoms with E-state index in [4.69, 9.17) is 17.3 Å². The molecule has 1 unspecified atom stereocenters. The Morgan fingerprint density at radius 3 is 2.52 bits per heavy atom. The molecule has 0 aliphatic carbocycles. The molecule has 0 saturated heterocycles. The number of nitrogens with two attached hydrogens (primary N) is 1. The third-order valence-electron chi connectivity index (χ3n) is 4.87. The van der Waals surface area contributed by atoms with Gasteiger partial charge in [0.15, 0.2) is 5.82 Å². The lowest BCUT2D eigenvalue weighted by Gasteiger charge is -2.18. The van der Waals surface area contributed by atoms with Crippen molar-refractivity contribution in [2.75, 3.05) is 11.9 Å². The average Bonchev–Trinajstić information content (AvgIpc) is 2.81. The first kappa shape index (κ1) is 24.3. The fraction of sp³-hybridized carbons (Fsp3) is 0.273. The van der Waals surface area contributed by atoms with Gasteiger partial charge in [0.25, 0.3) is 12.0 Å². The van der Waals surface area contributed by atoms with Gasteiger partial charge in [0, 0.05) is 12.7 Å². The van der Waals surface area contributed by atoms with Gasteiger partial charge in [-0.25, -0.2) is 13.8 Å². The van der Waals surface area contributed by atoms with Gasteiger partial charge in [0.1, 0.15) is 17.7 Å². The van der Waals surface area contributed by atoms with Gasteiger partial charge in [-0.2, -0.15) is 0 Å². The smallest absolute Gasteiger partial charge is 0.294 e. The van der Waals surface area contributed by atoms with E-state index in [9.17, 15) is 18.4 Å². The summed E-state index contributed by atoms with van der Waals surface area (Å²) >= 11 is 6.06. The number of rotatable bonds is 10. The normalized spacial score (nSPS) is 11.9. The first-order valence-corrected chi connectivity index (χ1v) is 10.5. The minimum absolute atomic E-state index is 0.0455. The van der Waals surface area contributed by atoms with Crippen molar-refractivity contribution in [1.82, 2.24) is 19.9 Å². The highest BCUT2D eigenvalue weighted by Crippen LogP contribution is 2.22. The molecule has 4 N–H and O–H groups in total. The molecule has 0 fully saturated rings. The predicted molar refractivity (Wildman–Crippen MR) is 121 cm³/mol. The van der Waals surface area contributed by atoms with Gasteiger partial charge >= 0.3 is 0 Å². The SMILES string of the molecule is NCCc1ccccc1CNC(=O)Cn1c(Cl)cnc(NC(c2ccccn2)C(F)F)c1=O. The first-order chi connectivity index (χ1) is 15.9. The van der Waals surface area contributed by atoms with Crippen molar-refractivity contribution in [3.8, 4) is 0 Å². The highest BCUT2D eigenvalue weighted by molar-refractivity contribution is 6.29. The molecule has 33 heavy (non-hydrogen) atoms. The molecule has 0 aliphatic rings. The number of nitrogens with one attached hydrogen (secondary N) is 2. The summed E-state index contributed by atoms with van der Waals surface area (Å²) in [6, 6.07) is 10.5. The van der Waals surface area contributed by atoms with Crippen LogP contribution >= 0.6 is 11.6 Å². The second-order valence-electron chi connectivity index (χ2n) is 7.12. The molecule has 1 atom stereocenters. The molecule has 3 aromatic rings. The van der Waals surface area contributed by atoms with E-state index < -0.39 is 30.5 Å². The standard InChI is InChI=1S/C22H23ClF2N6O2/c23-17-12-29-21(30-19(20(24)25)16-7-3-4-10-27-16)22(33)31(17)13-18(32)28-11-15-6-2-1-5-14(15)8-9-26/h1-7,10,12,19-20H,8-9,11,13,26H2,(H,28,32)(H,29,30). The Morgan fingerprint density at radius 1 is 1.12 bits per heavy atom. The number of carbonyl (C=O) groups is 1. The monoisotopic (exact) mass is 476 g/mol. The Morgan fingerprint density at radius 2 is 1.85 bits per heavy atom. The Bertz CT molecular complexity index is 1140. The Kier molecular flexibility index (Phi) is 8.45. The van der Waals surface area contributed by atoms with Gasteiger partial charge in [-0.05, 0) is 36.2 Å². The van der Waals surface area contributed by atoms with E-state index in [1.54, 1.807) is 12.1 Å². The molecule has 0 saturated carbocycles. The lowest BCUT2D eigenvalue weighted by Crippen LogP contribution is -2.35.